The Morgan fingerprint density at radius 2 is 2.23 bits per heavy atom. The summed E-state index contributed by atoms with van der Waals surface area (Å²) in [5.74, 6) is 0. The molecule has 0 aliphatic heterocycles. The zero-order valence-corrected chi connectivity index (χ0v) is 9.84. The fraction of sp³-hybridized carbons (Fsp3) is 0.143. The Labute approximate surface area is 95.0 Å². The Morgan fingerprint density at radius 1 is 1.62 bits per heavy atom. The van der Waals surface area contributed by atoms with Crippen LogP contribution in [0.2, 0.25) is 0 Å². The van der Waals surface area contributed by atoms with Crippen molar-refractivity contribution >= 4 is 44.8 Å². The van der Waals surface area contributed by atoms with Crippen LogP contribution in [-0.4, -0.2) is 11.3 Å². The lowest BCUT2D eigenvalue weighted by Gasteiger charge is -2.05. The SMILES string of the molecule is O=Cc1c(C(F)F)ncc(I)c1Br. The van der Waals surface area contributed by atoms with Crippen LogP contribution >= 0.6 is 38.5 Å². The van der Waals surface area contributed by atoms with Gasteiger partial charge in [-0.3, -0.25) is 9.78 Å². The largest absolute Gasteiger partial charge is 0.298 e. The molecule has 1 rings (SSSR count). The molecule has 1 heterocycles. The highest BCUT2D eigenvalue weighted by molar-refractivity contribution is 14.1. The Morgan fingerprint density at radius 3 is 2.69 bits per heavy atom. The predicted octanol–water partition coefficient (Wildman–Crippen LogP) is 3.20. The molecule has 0 bridgehead atoms. The van der Waals surface area contributed by atoms with Crippen LogP contribution in [-0.2, 0) is 0 Å². The number of carbonyl (C=O) groups excluding carboxylic acids is 1. The molecular weight excluding hydrogens is 359 g/mol. The van der Waals surface area contributed by atoms with Crippen molar-refractivity contribution in [2.75, 3.05) is 0 Å². The van der Waals surface area contributed by atoms with Gasteiger partial charge in [0.05, 0.1) is 5.56 Å². The maximum atomic E-state index is 12.3. The molecule has 0 unspecified atom stereocenters. The van der Waals surface area contributed by atoms with Crippen molar-refractivity contribution in [1.29, 1.82) is 0 Å². The van der Waals surface area contributed by atoms with Crippen LogP contribution in [0.1, 0.15) is 22.5 Å². The van der Waals surface area contributed by atoms with Gasteiger partial charge in [0.2, 0.25) is 0 Å². The van der Waals surface area contributed by atoms with Gasteiger partial charge in [-0.25, -0.2) is 8.78 Å². The Hall–Kier alpha value is -0.110. The van der Waals surface area contributed by atoms with Crippen LogP contribution in [0, 0.1) is 3.57 Å². The van der Waals surface area contributed by atoms with Gasteiger partial charge in [0.1, 0.15) is 5.69 Å². The van der Waals surface area contributed by atoms with Gasteiger partial charge in [-0.2, -0.15) is 0 Å². The summed E-state index contributed by atoms with van der Waals surface area (Å²) in [4.78, 5) is 14.0. The highest BCUT2D eigenvalue weighted by Crippen LogP contribution is 2.28. The number of halogens is 4. The molecule has 0 N–H and O–H groups in total. The van der Waals surface area contributed by atoms with Gasteiger partial charge in [0, 0.05) is 14.2 Å². The predicted molar refractivity (Wildman–Crippen MR) is 55.0 cm³/mol. The van der Waals surface area contributed by atoms with Gasteiger partial charge in [-0.05, 0) is 38.5 Å². The second-order valence-electron chi connectivity index (χ2n) is 2.14. The number of aldehydes is 1. The van der Waals surface area contributed by atoms with Gasteiger partial charge < -0.3 is 0 Å². The van der Waals surface area contributed by atoms with E-state index >= 15 is 0 Å². The highest BCUT2D eigenvalue weighted by Gasteiger charge is 2.18. The summed E-state index contributed by atoms with van der Waals surface area (Å²) in [5, 5.41) is 0. The standard InChI is InChI=1S/C7H3BrF2INO/c8-5-3(2-13)6(7(9)10)12-1-4(5)11/h1-2,7H. The van der Waals surface area contributed by atoms with Crippen molar-refractivity contribution in [3.05, 3.63) is 25.5 Å². The van der Waals surface area contributed by atoms with Crippen molar-refractivity contribution in [1.82, 2.24) is 4.98 Å². The fourth-order valence-corrected chi connectivity index (χ4v) is 1.61. The van der Waals surface area contributed by atoms with Crippen molar-refractivity contribution in [3.8, 4) is 0 Å². The minimum Gasteiger partial charge on any atom is -0.298 e. The monoisotopic (exact) mass is 361 g/mol. The van der Waals surface area contributed by atoms with Crippen molar-refractivity contribution in [2.24, 2.45) is 0 Å². The first-order valence-electron chi connectivity index (χ1n) is 3.15. The molecule has 0 spiro atoms. The number of aromatic nitrogens is 1. The topological polar surface area (TPSA) is 30.0 Å². The molecule has 2 nitrogen and oxygen atoms in total. The zero-order chi connectivity index (χ0) is 10.0. The first-order valence-corrected chi connectivity index (χ1v) is 5.02. The molecule has 0 saturated heterocycles. The van der Waals surface area contributed by atoms with E-state index in [1.54, 1.807) is 0 Å². The quantitative estimate of drug-likeness (QED) is 0.598. The number of hydrogen-bond acceptors (Lipinski definition) is 2. The number of nitrogens with zero attached hydrogens (tertiary/aromatic N) is 1. The molecule has 6 heteroatoms. The maximum absolute atomic E-state index is 12.3. The summed E-state index contributed by atoms with van der Waals surface area (Å²) in [6.07, 6.45) is -1.06. The lowest BCUT2D eigenvalue weighted by atomic mass is 10.2. The summed E-state index contributed by atoms with van der Waals surface area (Å²) >= 11 is 4.95. The molecule has 0 amide bonds. The Kier molecular flexibility index (Phi) is 3.72. The Bertz CT molecular complexity index is 346. The number of alkyl halides is 2. The van der Waals surface area contributed by atoms with Gasteiger partial charge in [-0.15, -0.1) is 0 Å². The maximum Gasteiger partial charge on any atom is 0.281 e. The van der Waals surface area contributed by atoms with Crippen LogP contribution < -0.4 is 0 Å². The van der Waals surface area contributed by atoms with Gasteiger partial charge >= 0.3 is 0 Å². The van der Waals surface area contributed by atoms with Gasteiger partial charge in [0.15, 0.2) is 6.29 Å². The van der Waals surface area contributed by atoms with E-state index in [1.807, 2.05) is 22.6 Å². The number of hydrogen-bond donors (Lipinski definition) is 0. The second-order valence-corrected chi connectivity index (χ2v) is 4.09. The molecule has 0 fully saturated rings. The normalized spacial score (nSPS) is 10.5. The molecule has 0 radical (unpaired) electrons. The van der Waals surface area contributed by atoms with E-state index in [0.29, 0.717) is 14.3 Å². The first-order chi connectivity index (χ1) is 6.07. The number of pyridine rings is 1. The van der Waals surface area contributed by atoms with E-state index in [1.165, 1.54) is 6.20 Å². The van der Waals surface area contributed by atoms with E-state index in [2.05, 4.69) is 20.9 Å². The molecule has 0 aromatic carbocycles. The lowest BCUT2D eigenvalue weighted by Crippen LogP contribution is -2.00. The third-order valence-electron chi connectivity index (χ3n) is 1.36. The summed E-state index contributed by atoms with van der Waals surface area (Å²) in [7, 11) is 0. The average molecular weight is 362 g/mol. The fourth-order valence-electron chi connectivity index (χ4n) is 0.780. The zero-order valence-electron chi connectivity index (χ0n) is 6.10. The minimum atomic E-state index is -2.73. The van der Waals surface area contributed by atoms with Crippen molar-refractivity contribution in [3.63, 3.8) is 0 Å². The average Bonchev–Trinajstić information content (AvgIpc) is 2.09. The molecule has 1 aromatic rings. The third kappa shape index (κ3) is 2.22. The summed E-state index contributed by atoms with van der Waals surface area (Å²) < 4.78 is 25.6. The van der Waals surface area contributed by atoms with Gasteiger partial charge in [-0.1, -0.05) is 0 Å². The first kappa shape index (κ1) is 11.0. The van der Waals surface area contributed by atoms with E-state index in [0.717, 1.165) is 0 Å². The molecule has 1 aromatic heterocycles. The smallest absolute Gasteiger partial charge is 0.281 e. The van der Waals surface area contributed by atoms with Crippen molar-refractivity contribution in [2.45, 2.75) is 6.43 Å². The molecule has 13 heavy (non-hydrogen) atoms. The Balaban J connectivity index is 3.38. The van der Waals surface area contributed by atoms with E-state index in [9.17, 15) is 13.6 Å². The summed E-state index contributed by atoms with van der Waals surface area (Å²) in [6.45, 7) is 0. The minimum absolute atomic E-state index is 0.0816. The number of rotatable bonds is 2. The molecule has 0 saturated carbocycles. The highest BCUT2D eigenvalue weighted by atomic mass is 127. The third-order valence-corrected chi connectivity index (χ3v) is 3.78. The summed E-state index contributed by atoms with van der Waals surface area (Å²) in [5.41, 5.74) is -0.566. The molecule has 0 atom stereocenters. The van der Waals surface area contributed by atoms with Crippen molar-refractivity contribution < 1.29 is 13.6 Å². The number of carbonyl (C=O) groups is 1. The van der Waals surface area contributed by atoms with E-state index < -0.39 is 12.1 Å². The van der Waals surface area contributed by atoms with Crippen LogP contribution in [0.5, 0.6) is 0 Å². The second kappa shape index (κ2) is 4.41. The molecule has 0 aliphatic rings. The van der Waals surface area contributed by atoms with Crippen LogP contribution in [0.3, 0.4) is 0 Å². The molecular formula is C7H3BrF2INO. The van der Waals surface area contributed by atoms with E-state index in [-0.39, 0.29) is 5.56 Å². The van der Waals surface area contributed by atoms with Crippen LogP contribution in [0.15, 0.2) is 10.7 Å². The van der Waals surface area contributed by atoms with Gasteiger partial charge in [0.25, 0.3) is 6.43 Å². The molecule has 0 aliphatic carbocycles. The van der Waals surface area contributed by atoms with Crippen LogP contribution in [0.4, 0.5) is 8.78 Å². The molecule has 70 valence electrons. The van der Waals surface area contributed by atoms with E-state index in [4.69, 9.17) is 0 Å². The van der Waals surface area contributed by atoms with Crippen LogP contribution in [0.25, 0.3) is 0 Å². The summed E-state index contributed by atoms with van der Waals surface area (Å²) in [6, 6.07) is 0. The lowest BCUT2D eigenvalue weighted by molar-refractivity contribution is 0.110.